The maximum atomic E-state index is 11.2. The van der Waals surface area contributed by atoms with Crippen molar-refractivity contribution in [3.8, 4) is 0 Å². The summed E-state index contributed by atoms with van der Waals surface area (Å²) in [5.41, 5.74) is -0.0632. The van der Waals surface area contributed by atoms with Crippen LogP contribution in [0.4, 0.5) is 0 Å². The third-order valence-electron chi connectivity index (χ3n) is 5.17. The molecule has 0 atom stereocenters. The van der Waals surface area contributed by atoms with Gasteiger partial charge in [0.05, 0.1) is 6.42 Å². The van der Waals surface area contributed by atoms with Crippen molar-refractivity contribution in [3.05, 3.63) is 0 Å². The monoisotopic (exact) mass is 297 g/mol. The number of rotatable bonds is 11. The first kappa shape index (κ1) is 18.5. The number of carbonyl (C=O) groups is 1. The average molecular weight is 297 g/mol. The average Bonchev–Trinajstić information content (AvgIpc) is 2.46. The molecule has 0 bridgehead atoms. The van der Waals surface area contributed by atoms with Gasteiger partial charge < -0.3 is 10.0 Å². The van der Waals surface area contributed by atoms with Gasteiger partial charge in [-0.2, -0.15) is 0 Å². The summed E-state index contributed by atoms with van der Waals surface area (Å²) in [6, 6.07) is 0. The molecule has 1 rings (SSSR count). The molecule has 1 saturated carbocycles. The maximum Gasteiger partial charge on any atom is 0.305 e. The van der Waals surface area contributed by atoms with Crippen LogP contribution in [0.1, 0.15) is 90.4 Å². The number of aliphatic carboxylic acids is 1. The predicted molar refractivity (Wildman–Crippen MR) is 88.7 cm³/mol. The van der Waals surface area contributed by atoms with Crippen LogP contribution in [-0.4, -0.2) is 35.1 Å². The van der Waals surface area contributed by atoms with Gasteiger partial charge in [0.2, 0.25) is 0 Å². The summed E-state index contributed by atoms with van der Waals surface area (Å²) in [5.74, 6) is -0.636. The quantitative estimate of drug-likeness (QED) is 0.554. The molecule has 0 unspecified atom stereocenters. The van der Waals surface area contributed by atoms with Gasteiger partial charge in [0.25, 0.3) is 0 Å². The number of nitrogens with zero attached hydrogens (tertiary/aromatic N) is 1. The summed E-state index contributed by atoms with van der Waals surface area (Å²) in [5, 5.41) is 9.25. The lowest BCUT2D eigenvalue weighted by molar-refractivity contribution is -0.141. The molecule has 1 aliphatic rings. The highest BCUT2D eigenvalue weighted by molar-refractivity contribution is 5.68. The van der Waals surface area contributed by atoms with Crippen molar-refractivity contribution in [2.45, 2.75) is 95.9 Å². The number of unbranched alkanes of at least 4 members (excludes halogenated alkanes) is 6. The zero-order valence-electron chi connectivity index (χ0n) is 14.2. The van der Waals surface area contributed by atoms with E-state index in [0.29, 0.717) is 6.42 Å². The van der Waals surface area contributed by atoms with Crippen LogP contribution < -0.4 is 0 Å². The Balaban J connectivity index is 2.29. The molecule has 0 aliphatic heterocycles. The molecule has 0 heterocycles. The van der Waals surface area contributed by atoms with Crippen molar-refractivity contribution >= 4 is 5.97 Å². The van der Waals surface area contributed by atoms with Gasteiger partial charge in [-0.15, -0.1) is 0 Å². The normalized spacial score (nSPS) is 18.0. The van der Waals surface area contributed by atoms with Crippen molar-refractivity contribution in [1.29, 1.82) is 0 Å². The molecule has 0 amide bonds. The standard InChI is InChI=1S/C18H35NO2/c1-3-4-5-6-7-8-12-15-19(2)18(16-17(20)21)13-10-9-11-14-18/h3-16H2,1-2H3,(H,20,21). The third-order valence-corrected chi connectivity index (χ3v) is 5.17. The minimum atomic E-state index is -0.636. The van der Waals surface area contributed by atoms with Crippen LogP contribution in [0.5, 0.6) is 0 Å². The highest BCUT2D eigenvalue weighted by atomic mass is 16.4. The molecule has 0 saturated heterocycles. The smallest absolute Gasteiger partial charge is 0.305 e. The maximum absolute atomic E-state index is 11.2. The molecule has 1 aliphatic carbocycles. The van der Waals surface area contributed by atoms with E-state index in [0.717, 1.165) is 19.4 Å². The molecule has 0 spiro atoms. The first-order valence-corrected chi connectivity index (χ1v) is 9.04. The fourth-order valence-corrected chi connectivity index (χ4v) is 3.73. The summed E-state index contributed by atoms with van der Waals surface area (Å²) in [6.45, 7) is 3.31. The van der Waals surface area contributed by atoms with Gasteiger partial charge >= 0.3 is 5.97 Å². The molecule has 124 valence electrons. The van der Waals surface area contributed by atoms with E-state index in [1.807, 2.05) is 0 Å². The van der Waals surface area contributed by atoms with Crippen molar-refractivity contribution < 1.29 is 9.90 Å². The molecule has 0 aromatic heterocycles. The highest BCUT2D eigenvalue weighted by Gasteiger charge is 2.37. The van der Waals surface area contributed by atoms with Crippen molar-refractivity contribution in [3.63, 3.8) is 0 Å². The summed E-state index contributed by atoms with van der Waals surface area (Å²) < 4.78 is 0. The van der Waals surface area contributed by atoms with Crippen LogP contribution in [0.15, 0.2) is 0 Å². The Hall–Kier alpha value is -0.570. The van der Waals surface area contributed by atoms with Gasteiger partial charge in [-0.1, -0.05) is 64.7 Å². The van der Waals surface area contributed by atoms with Gasteiger partial charge in [0, 0.05) is 5.54 Å². The number of hydrogen-bond donors (Lipinski definition) is 1. The van der Waals surface area contributed by atoms with Crippen LogP contribution in [0.25, 0.3) is 0 Å². The lowest BCUT2D eigenvalue weighted by atomic mass is 9.78. The Labute approximate surface area is 131 Å². The van der Waals surface area contributed by atoms with Gasteiger partial charge in [-0.3, -0.25) is 4.79 Å². The van der Waals surface area contributed by atoms with Crippen LogP contribution >= 0.6 is 0 Å². The Bertz CT molecular complexity index is 285. The van der Waals surface area contributed by atoms with E-state index in [-0.39, 0.29) is 5.54 Å². The molecule has 0 radical (unpaired) electrons. The predicted octanol–water partition coefficient (Wildman–Crippen LogP) is 4.85. The molecule has 0 aromatic carbocycles. The topological polar surface area (TPSA) is 40.5 Å². The summed E-state index contributed by atoms with van der Waals surface area (Å²) in [6.07, 6.45) is 15.3. The second-order valence-electron chi connectivity index (χ2n) is 6.90. The lowest BCUT2D eigenvalue weighted by Gasteiger charge is -2.44. The lowest BCUT2D eigenvalue weighted by Crippen LogP contribution is -2.49. The molecule has 3 nitrogen and oxygen atoms in total. The fraction of sp³-hybridized carbons (Fsp3) is 0.944. The number of carboxylic acid groups (broad SMARTS) is 1. The molecule has 1 N–H and O–H groups in total. The first-order chi connectivity index (χ1) is 10.1. The molecule has 0 aromatic rings. The molecular formula is C18H35NO2. The van der Waals surface area contributed by atoms with Gasteiger partial charge in [-0.05, 0) is 32.9 Å². The molecular weight excluding hydrogens is 262 g/mol. The summed E-state index contributed by atoms with van der Waals surface area (Å²) in [4.78, 5) is 13.6. The number of hydrogen-bond acceptors (Lipinski definition) is 2. The van der Waals surface area contributed by atoms with Gasteiger partial charge in [0.1, 0.15) is 0 Å². The van der Waals surface area contributed by atoms with Crippen molar-refractivity contribution in [2.75, 3.05) is 13.6 Å². The van der Waals surface area contributed by atoms with E-state index >= 15 is 0 Å². The first-order valence-electron chi connectivity index (χ1n) is 9.04. The van der Waals surface area contributed by atoms with Crippen molar-refractivity contribution in [1.82, 2.24) is 4.90 Å². The minimum absolute atomic E-state index is 0.0632. The van der Waals surface area contributed by atoms with E-state index in [9.17, 15) is 9.90 Å². The van der Waals surface area contributed by atoms with Crippen LogP contribution in [-0.2, 0) is 4.79 Å². The molecule has 1 fully saturated rings. The zero-order valence-corrected chi connectivity index (χ0v) is 14.2. The Morgan fingerprint density at radius 3 is 2.14 bits per heavy atom. The Kier molecular flexibility index (Phi) is 8.98. The SMILES string of the molecule is CCCCCCCCCN(C)C1(CC(=O)O)CCCCC1. The third kappa shape index (κ3) is 6.82. The van der Waals surface area contributed by atoms with E-state index < -0.39 is 5.97 Å². The fourth-order valence-electron chi connectivity index (χ4n) is 3.73. The Morgan fingerprint density at radius 1 is 1.00 bits per heavy atom. The van der Waals surface area contributed by atoms with E-state index in [1.165, 1.54) is 64.2 Å². The summed E-state index contributed by atoms with van der Waals surface area (Å²) in [7, 11) is 2.14. The molecule has 3 heteroatoms. The Morgan fingerprint density at radius 2 is 1.57 bits per heavy atom. The van der Waals surface area contributed by atoms with Crippen LogP contribution in [0, 0.1) is 0 Å². The zero-order chi connectivity index (χ0) is 15.6. The molecule has 21 heavy (non-hydrogen) atoms. The summed E-state index contributed by atoms with van der Waals surface area (Å²) >= 11 is 0. The minimum Gasteiger partial charge on any atom is -0.481 e. The van der Waals surface area contributed by atoms with Crippen LogP contribution in [0.3, 0.4) is 0 Å². The largest absolute Gasteiger partial charge is 0.481 e. The van der Waals surface area contributed by atoms with Crippen molar-refractivity contribution in [2.24, 2.45) is 0 Å². The van der Waals surface area contributed by atoms with E-state index in [2.05, 4.69) is 18.9 Å². The van der Waals surface area contributed by atoms with E-state index in [1.54, 1.807) is 0 Å². The van der Waals surface area contributed by atoms with Crippen LogP contribution in [0.2, 0.25) is 0 Å². The number of carboxylic acids is 1. The highest BCUT2D eigenvalue weighted by Crippen LogP contribution is 2.36. The van der Waals surface area contributed by atoms with E-state index in [4.69, 9.17) is 0 Å². The second-order valence-corrected chi connectivity index (χ2v) is 6.90. The second kappa shape index (κ2) is 10.2. The van der Waals surface area contributed by atoms with Gasteiger partial charge in [0.15, 0.2) is 0 Å². The van der Waals surface area contributed by atoms with Gasteiger partial charge in [-0.25, -0.2) is 0 Å².